The first-order valence-electron chi connectivity index (χ1n) is 10.3. The van der Waals surface area contributed by atoms with Gasteiger partial charge in [-0.2, -0.15) is 4.72 Å². The van der Waals surface area contributed by atoms with E-state index in [-0.39, 0.29) is 10.8 Å². The molecular formula is C24H26ClN3O3S. The van der Waals surface area contributed by atoms with Gasteiger partial charge in [0.1, 0.15) is 0 Å². The summed E-state index contributed by atoms with van der Waals surface area (Å²) >= 11 is 5.85. The van der Waals surface area contributed by atoms with E-state index in [0.29, 0.717) is 18.1 Å². The van der Waals surface area contributed by atoms with Crippen molar-refractivity contribution in [3.8, 4) is 0 Å². The maximum absolute atomic E-state index is 13.3. The summed E-state index contributed by atoms with van der Waals surface area (Å²) in [7, 11) is -3.88. The standard InChI is InChI=1S/C24H26ClN3O3S/c1-3-19-6-8-20(9-7-19)16-28(17-21-5-4-14-26-15-21)24(29)18(2)27-32(30,31)23-12-10-22(25)11-13-23/h4-15,18,27H,3,16-17H2,1-2H3/t18-/m0/s1. The largest absolute Gasteiger partial charge is 0.333 e. The minimum atomic E-state index is -3.88. The lowest BCUT2D eigenvalue weighted by molar-refractivity contribution is -0.133. The molecule has 0 radical (unpaired) electrons. The molecule has 0 aliphatic carbocycles. The molecule has 2 aromatic carbocycles. The second-order valence-electron chi connectivity index (χ2n) is 7.52. The minimum Gasteiger partial charge on any atom is -0.333 e. The first-order chi connectivity index (χ1) is 15.3. The Morgan fingerprint density at radius 1 is 1.00 bits per heavy atom. The third-order valence-corrected chi connectivity index (χ3v) is 6.85. The highest BCUT2D eigenvalue weighted by atomic mass is 35.5. The van der Waals surface area contributed by atoms with Crippen molar-refractivity contribution in [3.63, 3.8) is 0 Å². The number of nitrogens with zero attached hydrogens (tertiary/aromatic N) is 2. The van der Waals surface area contributed by atoms with Gasteiger partial charge in [-0.05, 0) is 60.4 Å². The van der Waals surface area contributed by atoms with E-state index in [1.807, 2.05) is 30.3 Å². The lowest BCUT2D eigenvalue weighted by Crippen LogP contribution is -2.46. The van der Waals surface area contributed by atoms with Gasteiger partial charge in [0.25, 0.3) is 0 Å². The highest BCUT2D eigenvalue weighted by Gasteiger charge is 2.26. The first-order valence-corrected chi connectivity index (χ1v) is 12.2. The predicted octanol–water partition coefficient (Wildman–Crippen LogP) is 4.19. The van der Waals surface area contributed by atoms with Crippen molar-refractivity contribution in [1.82, 2.24) is 14.6 Å². The van der Waals surface area contributed by atoms with Gasteiger partial charge >= 0.3 is 0 Å². The summed E-state index contributed by atoms with van der Waals surface area (Å²) in [5.74, 6) is -0.328. The Kier molecular flexibility index (Phi) is 8.01. The van der Waals surface area contributed by atoms with E-state index >= 15 is 0 Å². The first kappa shape index (κ1) is 23.9. The Hall–Kier alpha value is -2.74. The Morgan fingerprint density at radius 3 is 2.22 bits per heavy atom. The lowest BCUT2D eigenvalue weighted by Gasteiger charge is -2.26. The van der Waals surface area contributed by atoms with Crippen LogP contribution >= 0.6 is 11.6 Å². The molecule has 0 spiro atoms. The third-order valence-electron chi connectivity index (χ3n) is 5.04. The molecule has 0 aliphatic rings. The molecule has 1 amide bonds. The topological polar surface area (TPSA) is 79.4 Å². The SMILES string of the molecule is CCc1ccc(CN(Cc2cccnc2)C(=O)[C@H](C)NS(=O)(=O)c2ccc(Cl)cc2)cc1. The molecule has 0 unspecified atom stereocenters. The maximum Gasteiger partial charge on any atom is 0.241 e. The molecule has 0 saturated carbocycles. The highest BCUT2D eigenvalue weighted by Crippen LogP contribution is 2.16. The van der Waals surface area contributed by atoms with E-state index in [9.17, 15) is 13.2 Å². The van der Waals surface area contributed by atoms with Gasteiger partial charge < -0.3 is 4.90 Å². The van der Waals surface area contributed by atoms with E-state index in [2.05, 4.69) is 16.6 Å². The van der Waals surface area contributed by atoms with Crippen molar-refractivity contribution >= 4 is 27.5 Å². The summed E-state index contributed by atoms with van der Waals surface area (Å²) in [5, 5.41) is 0.435. The second-order valence-corrected chi connectivity index (χ2v) is 9.67. The molecule has 1 atom stereocenters. The van der Waals surface area contributed by atoms with E-state index in [1.54, 1.807) is 30.3 Å². The Bertz CT molecular complexity index is 1140. The van der Waals surface area contributed by atoms with Gasteiger partial charge in [0.05, 0.1) is 10.9 Å². The molecule has 0 fully saturated rings. The van der Waals surface area contributed by atoms with Crippen LogP contribution < -0.4 is 4.72 Å². The van der Waals surface area contributed by atoms with Crippen LogP contribution in [0.2, 0.25) is 5.02 Å². The summed E-state index contributed by atoms with van der Waals surface area (Å²) in [5.41, 5.74) is 3.04. The fourth-order valence-electron chi connectivity index (χ4n) is 3.26. The van der Waals surface area contributed by atoms with Gasteiger partial charge in [-0.15, -0.1) is 0 Å². The number of sulfonamides is 1. The monoisotopic (exact) mass is 471 g/mol. The summed E-state index contributed by atoms with van der Waals surface area (Å²) in [6.45, 7) is 4.30. The third kappa shape index (κ3) is 6.38. The molecule has 1 heterocycles. The number of aromatic nitrogens is 1. The van der Waals surface area contributed by atoms with Gasteiger partial charge in [-0.1, -0.05) is 48.9 Å². The second kappa shape index (κ2) is 10.7. The van der Waals surface area contributed by atoms with E-state index in [1.165, 1.54) is 29.8 Å². The summed E-state index contributed by atoms with van der Waals surface area (Å²) in [6, 6.07) is 16.6. The zero-order valence-electron chi connectivity index (χ0n) is 18.0. The van der Waals surface area contributed by atoms with E-state index in [0.717, 1.165) is 17.5 Å². The molecule has 6 nitrogen and oxygen atoms in total. The fraction of sp³-hybridized carbons (Fsp3) is 0.250. The van der Waals surface area contributed by atoms with Gasteiger partial charge in [-0.25, -0.2) is 8.42 Å². The zero-order chi connectivity index (χ0) is 23.1. The van der Waals surface area contributed by atoms with Crippen molar-refractivity contribution < 1.29 is 13.2 Å². The smallest absolute Gasteiger partial charge is 0.241 e. The lowest BCUT2D eigenvalue weighted by atomic mass is 10.1. The van der Waals surface area contributed by atoms with Gasteiger partial charge in [0.2, 0.25) is 15.9 Å². The fourth-order valence-corrected chi connectivity index (χ4v) is 4.59. The predicted molar refractivity (Wildman–Crippen MR) is 126 cm³/mol. The number of nitrogens with one attached hydrogen (secondary N) is 1. The average molecular weight is 472 g/mol. The van der Waals surface area contributed by atoms with Crippen LogP contribution in [0, 0.1) is 0 Å². The normalized spacial score (nSPS) is 12.3. The molecule has 0 saturated heterocycles. The Labute approximate surface area is 194 Å². The number of rotatable bonds is 9. The van der Waals surface area contributed by atoms with E-state index in [4.69, 9.17) is 11.6 Å². The molecule has 0 bridgehead atoms. The van der Waals surface area contributed by atoms with E-state index < -0.39 is 16.1 Å². The number of halogens is 1. The quantitative estimate of drug-likeness (QED) is 0.507. The number of hydrogen-bond donors (Lipinski definition) is 1. The average Bonchev–Trinajstić information content (AvgIpc) is 2.79. The summed E-state index contributed by atoms with van der Waals surface area (Å²) < 4.78 is 28.0. The number of carbonyl (C=O) groups excluding carboxylic acids is 1. The number of carbonyl (C=O) groups is 1. The number of aryl methyl sites for hydroxylation is 1. The Balaban J connectivity index is 1.80. The molecule has 1 aromatic heterocycles. The molecule has 0 aliphatic heterocycles. The van der Waals surface area contributed by atoms with Gasteiger partial charge in [-0.3, -0.25) is 9.78 Å². The van der Waals surface area contributed by atoms with Gasteiger partial charge in [0.15, 0.2) is 0 Å². The molecule has 32 heavy (non-hydrogen) atoms. The maximum atomic E-state index is 13.3. The van der Waals surface area contributed by atoms with Crippen LogP contribution in [0.15, 0.2) is 78.0 Å². The molecular weight excluding hydrogens is 446 g/mol. The summed E-state index contributed by atoms with van der Waals surface area (Å²) in [4.78, 5) is 19.1. The van der Waals surface area contributed by atoms with Crippen molar-refractivity contribution in [3.05, 3.63) is 94.8 Å². The number of hydrogen-bond acceptors (Lipinski definition) is 4. The molecule has 1 N–H and O–H groups in total. The highest BCUT2D eigenvalue weighted by molar-refractivity contribution is 7.89. The van der Waals surface area contributed by atoms with Crippen molar-refractivity contribution in [2.75, 3.05) is 0 Å². The molecule has 3 aromatic rings. The van der Waals surface area contributed by atoms with Crippen LogP contribution in [0.3, 0.4) is 0 Å². The van der Waals surface area contributed by atoms with Crippen molar-refractivity contribution in [2.24, 2.45) is 0 Å². The van der Waals surface area contributed by atoms with Crippen LogP contribution in [0.4, 0.5) is 0 Å². The van der Waals surface area contributed by atoms with Gasteiger partial charge in [0, 0.05) is 30.5 Å². The number of amides is 1. The van der Waals surface area contributed by atoms with Crippen LogP contribution in [-0.2, 0) is 34.3 Å². The van der Waals surface area contributed by atoms with Crippen LogP contribution in [-0.4, -0.2) is 30.3 Å². The molecule has 3 rings (SSSR count). The van der Waals surface area contributed by atoms with Crippen LogP contribution in [0.1, 0.15) is 30.5 Å². The number of pyridine rings is 1. The number of benzene rings is 2. The zero-order valence-corrected chi connectivity index (χ0v) is 19.6. The summed E-state index contributed by atoms with van der Waals surface area (Å²) in [6.07, 6.45) is 4.30. The minimum absolute atomic E-state index is 0.0514. The molecule has 168 valence electrons. The van der Waals surface area contributed by atoms with Crippen molar-refractivity contribution in [1.29, 1.82) is 0 Å². The Morgan fingerprint density at radius 2 is 1.62 bits per heavy atom. The van der Waals surface area contributed by atoms with Crippen molar-refractivity contribution in [2.45, 2.75) is 44.3 Å². The van der Waals surface area contributed by atoms with Crippen LogP contribution in [0.5, 0.6) is 0 Å². The van der Waals surface area contributed by atoms with Crippen LogP contribution in [0.25, 0.3) is 0 Å². The molecule has 8 heteroatoms.